The lowest BCUT2D eigenvalue weighted by atomic mass is 9.97. The standard InChI is InChI=1S/C24H38N4O2.HI/c1-4-25-24(27-15-12-20(13-16-27)23(29)30-3)26-17-21-10-5-6-11-22(21)18-28-14-8-7-9-19(28)2;/h5-6,10-11,19-20H,4,7-9,12-18H2,1-3H3,(H,25,26);1H. The van der Waals surface area contributed by atoms with Crippen LogP contribution < -0.4 is 5.32 Å². The second-order valence-electron chi connectivity index (χ2n) is 8.54. The van der Waals surface area contributed by atoms with Gasteiger partial charge < -0.3 is 15.0 Å². The van der Waals surface area contributed by atoms with Gasteiger partial charge >= 0.3 is 5.97 Å². The zero-order valence-corrected chi connectivity index (χ0v) is 21.6. The van der Waals surface area contributed by atoms with E-state index in [0.29, 0.717) is 12.6 Å². The number of esters is 1. The van der Waals surface area contributed by atoms with Crippen LogP contribution in [0.15, 0.2) is 29.3 Å². The molecule has 2 saturated heterocycles. The Morgan fingerprint density at radius 1 is 1.13 bits per heavy atom. The van der Waals surface area contributed by atoms with E-state index in [9.17, 15) is 4.79 Å². The molecule has 1 N–H and O–H groups in total. The average molecular weight is 543 g/mol. The van der Waals surface area contributed by atoms with E-state index in [1.165, 1.54) is 44.0 Å². The van der Waals surface area contributed by atoms with Gasteiger partial charge in [-0.3, -0.25) is 9.69 Å². The molecule has 0 amide bonds. The van der Waals surface area contributed by atoms with E-state index >= 15 is 0 Å². The molecule has 2 aliphatic heterocycles. The molecule has 1 unspecified atom stereocenters. The zero-order chi connectivity index (χ0) is 21.3. The number of rotatable bonds is 6. The third-order valence-corrected chi connectivity index (χ3v) is 6.50. The molecule has 1 atom stereocenters. The molecule has 174 valence electrons. The molecule has 0 bridgehead atoms. The summed E-state index contributed by atoms with van der Waals surface area (Å²) < 4.78 is 4.91. The second kappa shape index (κ2) is 13.3. The molecule has 0 spiro atoms. The smallest absolute Gasteiger partial charge is 0.308 e. The molecule has 3 rings (SSSR count). The van der Waals surface area contributed by atoms with Crippen molar-refractivity contribution < 1.29 is 9.53 Å². The van der Waals surface area contributed by atoms with E-state index in [-0.39, 0.29) is 35.9 Å². The van der Waals surface area contributed by atoms with E-state index in [0.717, 1.165) is 45.0 Å². The first-order valence-electron chi connectivity index (χ1n) is 11.5. The molecule has 0 aliphatic carbocycles. The number of hydrogen-bond acceptors (Lipinski definition) is 4. The predicted molar refractivity (Wildman–Crippen MR) is 137 cm³/mol. The van der Waals surface area contributed by atoms with Crippen molar-refractivity contribution in [1.29, 1.82) is 0 Å². The molecule has 2 aliphatic rings. The van der Waals surface area contributed by atoms with Gasteiger partial charge in [0.05, 0.1) is 19.6 Å². The van der Waals surface area contributed by atoms with Crippen molar-refractivity contribution in [3.8, 4) is 0 Å². The van der Waals surface area contributed by atoms with Crippen LogP contribution in [0.2, 0.25) is 0 Å². The van der Waals surface area contributed by atoms with Crippen LogP contribution in [0.1, 0.15) is 57.1 Å². The summed E-state index contributed by atoms with van der Waals surface area (Å²) >= 11 is 0. The fourth-order valence-corrected chi connectivity index (χ4v) is 4.56. The van der Waals surface area contributed by atoms with Crippen LogP contribution in [0, 0.1) is 5.92 Å². The van der Waals surface area contributed by atoms with Crippen LogP contribution in [0.4, 0.5) is 0 Å². The number of halogens is 1. The Bertz CT molecular complexity index is 719. The lowest BCUT2D eigenvalue weighted by Gasteiger charge is -2.34. The van der Waals surface area contributed by atoms with Gasteiger partial charge in [0, 0.05) is 32.2 Å². The third-order valence-electron chi connectivity index (χ3n) is 6.50. The van der Waals surface area contributed by atoms with Crippen molar-refractivity contribution >= 4 is 35.9 Å². The van der Waals surface area contributed by atoms with Crippen molar-refractivity contribution in [3.63, 3.8) is 0 Å². The van der Waals surface area contributed by atoms with Crippen molar-refractivity contribution in [3.05, 3.63) is 35.4 Å². The van der Waals surface area contributed by atoms with E-state index in [4.69, 9.17) is 9.73 Å². The first-order valence-corrected chi connectivity index (χ1v) is 11.5. The van der Waals surface area contributed by atoms with Crippen LogP contribution in [-0.4, -0.2) is 61.1 Å². The number of methoxy groups -OCH3 is 1. The van der Waals surface area contributed by atoms with Crippen LogP contribution in [0.25, 0.3) is 0 Å². The molecule has 1 aromatic carbocycles. The SMILES string of the molecule is CCNC(=NCc1ccccc1CN1CCCCC1C)N1CCC(C(=O)OC)CC1.I. The Hall–Kier alpha value is -1.35. The van der Waals surface area contributed by atoms with Crippen LogP contribution in [0.3, 0.4) is 0 Å². The summed E-state index contributed by atoms with van der Waals surface area (Å²) in [6, 6.07) is 9.37. The van der Waals surface area contributed by atoms with Gasteiger partial charge in [-0.2, -0.15) is 0 Å². The topological polar surface area (TPSA) is 57.2 Å². The van der Waals surface area contributed by atoms with Crippen LogP contribution in [0.5, 0.6) is 0 Å². The van der Waals surface area contributed by atoms with Crippen molar-refractivity contribution in [2.45, 2.75) is 65.1 Å². The Morgan fingerprint density at radius 2 is 1.84 bits per heavy atom. The van der Waals surface area contributed by atoms with Gasteiger partial charge in [-0.05, 0) is 57.2 Å². The molecule has 0 aromatic heterocycles. The highest BCUT2D eigenvalue weighted by Crippen LogP contribution is 2.22. The maximum absolute atomic E-state index is 11.8. The van der Waals surface area contributed by atoms with Crippen molar-refractivity contribution in [2.24, 2.45) is 10.9 Å². The lowest BCUT2D eigenvalue weighted by molar-refractivity contribution is -0.146. The number of aliphatic imine (C=N–C) groups is 1. The van der Waals surface area contributed by atoms with Gasteiger partial charge in [0.25, 0.3) is 0 Å². The number of likely N-dealkylation sites (tertiary alicyclic amines) is 2. The molecular formula is C24H39IN4O2. The number of benzene rings is 1. The Balaban J connectivity index is 0.00000341. The fourth-order valence-electron chi connectivity index (χ4n) is 4.56. The summed E-state index contributed by atoms with van der Waals surface area (Å²) in [6.07, 6.45) is 5.59. The van der Waals surface area contributed by atoms with Crippen LogP contribution in [-0.2, 0) is 22.6 Å². The van der Waals surface area contributed by atoms with Crippen LogP contribution >= 0.6 is 24.0 Å². The quantitative estimate of drug-likeness (QED) is 0.255. The highest BCUT2D eigenvalue weighted by molar-refractivity contribution is 14.0. The molecule has 1 aromatic rings. The highest BCUT2D eigenvalue weighted by Gasteiger charge is 2.27. The van der Waals surface area contributed by atoms with E-state index in [2.05, 4.69) is 53.2 Å². The zero-order valence-electron chi connectivity index (χ0n) is 19.3. The molecule has 31 heavy (non-hydrogen) atoms. The molecule has 2 heterocycles. The maximum Gasteiger partial charge on any atom is 0.308 e. The maximum atomic E-state index is 11.8. The highest BCUT2D eigenvalue weighted by atomic mass is 127. The monoisotopic (exact) mass is 542 g/mol. The van der Waals surface area contributed by atoms with Gasteiger partial charge in [-0.1, -0.05) is 30.7 Å². The number of carbonyl (C=O) groups excluding carboxylic acids is 1. The normalized spacial score (nSPS) is 20.8. The van der Waals surface area contributed by atoms with Gasteiger partial charge in [-0.25, -0.2) is 4.99 Å². The molecule has 0 saturated carbocycles. The number of ether oxygens (including phenoxy) is 1. The molecule has 2 fully saturated rings. The average Bonchev–Trinajstić information content (AvgIpc) is 2.78. The summed E-state index contributed by atoms with van der Waals surface area (Å²) in [5.41, 5.74) is 2.69. The number of carbonyl (C=O) groups is 1. The minimum absolute atomic E-state index is 0. The van der Waals surface area contributed by atoms with E-state index in [1.54, 1.807) is 0 Å². The van der Waals surface area contributed by atoms with Gasteiger partial charge in [-0.15, -0.1) is 24.0 Å². The number of piperidine rings is 2. The molecule has 6 nitrogen and oxygen atoms in total. The van der Waals surface area contributed by atoms with Gasteiger partial charge in [0.15, 0.2) is 5.96 Å². The lowest BCUT2D eigenvalue weighted by Crippen LogP contribution is -2.46. The summed E-state index contributed by atoms with van der Waals surface area (Å²) in [5.74, 6) is 0.876. The minimum atomic E-state index is -0.0857. The van der Waals surface area contributed by atoms with Gasteiger partial charge in [0.1, 0.15) is 0 Å². The van der Waals surface area contributed by atoms with Crippen molar-refractivity contribution in [1.82, 2.24) is 15.1 Å². The third kappa shape index (κ3) is 7.34. The second-order valence-corrected chi connectivity index (χ2v) is 8.54. The summed E-state index contributed by atoms with van der Waals surface area (Å²) in [5, 5.41) is 3.44. The Kier molecular flexibility index (Phi) is 11.1. The number of hydrogen-bond donors (Lipinski definition) is 1. The molecule has 7 heteroatoms. The van der Waals surface area contributed by atoms with Gasteiger partial charge in [0.2, 0.25) is 0 Å². The summed E-state index contributed by atoms with van der Waals surface area (Å²) in [7, 11) is 1.47. The van der Waals surface area contributed by atoms with E-state index < -0.39 is 0 Å². The Morgan fingerprint density at radius 3 is 2.48 bits per heavy atom. The molecule has 0 radical (unpaired) electrons. The molecular weight excluding hydrogens is 503 g/mol. The van der Waals surface area contributed by atoms with Crippen molar-refractivity contribution in [2.75, 3.05) is 33.3 Å². The largest absolute Gasteiger partial charge is 0.469 e. The number of guanidine groups is 1. The predicted octanol–water partition coefficient (Wildman–Crippen LogP) is 4.03. The first kappa shape index (κ1) is 25.9. The first-order chi connectivity index (χ1) is 14.6. The Labute approximate surface area is 204 Å². The fraction of sp³-hybridized carbons (Fsp3) is 0.667. The summed E-state index contributed by atoms with van der Waals surface area (Å²) in [6.45, 7) is 9.82. The van der Waals surface area contributed by atoms with E-state index in [1.807, 2.05) is 0 Å². The minimum Gasteiger partial charge on any atom is -0.469 e. The number of nitrogens with zero attached hydrogens (tertiary/aromatic N) is 3. The number of nitrogens with one attached hydrogen (secondary N) is 1. The summed E-state index contributed by atoms with van der Waals surface area (Å²) in [4.78, 5) is 21.7.